The molecule has 31 heavy (non-hydrogen) atoms. The molecule has 1 aliphatic heterocycles. The fourth-order valence-corrected chi connectivity index (χ4v) is 3.84. The van der Waals surface area contributed by atoms with Crippen LogP contribution in [0.3, 0.4) is 0 Å². The summed E-state index contributed by atoms with van der Waals surface area (Å²) in [5.74, 6) is 11.9. The number of ether oxygens (including phenoxy) is 1. The number of halogens is 2. The van der Waals surface area contributed by atoms with Gasteiger partial charge in [0, 0.05) is 45.0 Å². The first kappa shape index (κ1) is 23.0. The van der Waals surface area contributed by atoms with Crippen LogP contribution in [0.4, 0.5) is 5.69 Å². The molecule has 2 aromatic rings. The quantitative estimate of drug-likeness (QED) is 0.293. The lowest BCUT2D eigenvalue weighted by atomic mass is 10.2. The normalized spacial score (nSPS) is 14.7. The zero-order valence-corrected chi connectivity index (χ0v) is 19.2. The number of hydrogen-bond acceptors (Lipinski definition) is 7. The van der Waals surface area contributed by atoms with E-state index in [4.69, 9.17) is 39.6 Å². The number of hydrazone groups is 1. The van der Waals surface area contributed by atoms with E-state index in [1.807, 2.05) is 23.1 Å². The Labute approximate surface area is 190 Å². The van der Waals surface area contributed by atoms with Crippen molar-refractivity contribution in [1.82, 2.24) is 19.7 Å². The molecule has 0 bridgehead atoms. The summed E-state index contributed by atoms with van der Waals surface area (Å²) >= 11 is 12.5. The maximum absolute atomic E-state index is 12.9. The summed E-state index contributed by atoms with van der Waals surface area (Å²) in [6, 6.07) is 5.66. The van der Waals surface area contributed by atoms with Crippen molar-refractivity contribution in [3.63, 3.8) is 0 Å². The van der Waals surface area contributed by atoms with Crippen LogP contribution in [0.1, 0.15) is 11.4 Å². The molecule has 1 aromatic carbocycles. The van der Waals surface area contributed by atoms with Crippen molar-refractivity contribution in [3.8, 4) is 5.75 Å². The Kier molecular flexibility index (Phi) is 7.14. The van der Waals surface area contributed by atoms with Gasteiger partial charge in [-0.05, 0) is 19.1 Å². The van der Waals surface area contributed by atoms with E-state index in [2.05, 4.69) is 15.1 Å². The molecule has 0 spiro atoms. The van der Waals surface area contributed by atoms with Gasteiger partial charge in [0.25, 0.3) is 0 Å². The van der Waals surface area contributed by atoms with Crippen LogP contribution in [0.2, 0.25) is 10.0 Å². The van der Waals surface area contributed by atoms with E-state index >= 15 is 0 Å². The molecule has 12 heteroatoms. The maximum atomic E-state index is 12.9. The number of rotatable bonds is 5. The van der Waals surface area contributed by atoms with E-state index in [0.717, 1.165) is 5.69 Å². The van der Waals surface area contributed by atoms with Gasteiger partial charge in [0.05, 0.1) is 22.8 Å². The van der Waals surface area contributed by atoms with Gasteiger partial charge in [-0.3, -0.25) is 14.5 Å². The van der Waals surface area contributed by atoms with Gasteiger partial charge in [0.1, 0.15) is 18.0 Å². The number of hydrogen-bond donors (Lipinski definition) is 2. The first-order valence-corrected chi connectivity index (χ1v) is 10.4. The van der Waals surface area contributed by atoms with Gasteiger partial charge in [0.15, 0.2) is 5.84 Å². The average molecular weight is 469 g/mol. The Hall–Kier alpha value is -2.69. The molecule has 0 radical (unpaired) electrons. The van der Waals surface area contributed by atoms with Crippen LogP contribution >= 0.6 is 23.2 Å². The number of aromatic nitrogens is 2. The van der Waals surface area contributed by atoms with Gasteiger partial charge in [0.2, 0.25) is 5.91 Å². The SMILES string of the molecule is COc1cc(N2CCN(C(=O)Cn3nc(/C(=N/N)N(C)N)c(Cl)c3C)CC2)ccc1Cl. The topological polar surface area (TPSA) is 118 Å². The first-order valence-electron chi connectivity index (χ1n) is 9.62. The Morgan fingerprint density at radius 1 is 1.29 bits per heavy atom. The van der Waals surface area contributed by atoms with Crippen LogP contribution in [-0.4, -0.2) is 71.8 Å². The van der Waals surface area contributed by atoms with Crippen molar-refractivity contribution in [3.05, 3.63) is 39.6 Å². The third-order valence-corrected chi connectivity index (χ3v) is 5.98. The van der Waals surface area contributed by atoms with Crippen molar-refractivity contribution in [2.45, 2.75) is 13.5 Å². The number of amidine groups is 1. The second-order valence-electron chi connectivity index (χ2n) is 7.16. The van der Waals surface area contributed by atoms with Crippen LogP contribution in [0, 0.1) is 6.92 Å². The minimum atomic E-state index is -0.0468. The zero-order chi connectivity index (χ0) is 22.7. The average Bonchev–Trinajstić information content (AvgIpc) is 3.03. The van der Waals surface area contributed by atoms with Crippen molar-refractivity contribution in [1.29, 1.82) is 0 Å². The van der Waals surface area contributed by atoms with Gasteiger partial charge in [-0.15, -0.1) is 0 Å². The number of carbonyl (C=O) groups is 1. The van der Waals surface area contributed by atoms with Crippen molar-refractivity contribution < 1.29 is 9.53 Å². The maximum Gasteiger partial charge on any atom is 0.244 e. The number of benzene rings is 1. The second kappa shape index (κ2) is 9.63. The Morgan fingerprint density at radius 2 is 1.97 bits per heavy atom. The van der Waals surface area contributed by atoms with Crippen LogP contribution in [0.15, 0.2) is 23.3 Å². The van der Waals surface area contributed by atoms with E-state index in [1.54, 1.807) is 25.8 Å². The molecule has 0 saturated carbocycles. The number of piperazine rings is 1. The summed E-state index contributed by atoms with van der Waals surface area (Å²) in [6.07, 6.45) is 0. The third-order valence-electron chi connectivity index (χ3n) is 5.22. The van der Waals surface area contributed by atoms with E-state index in [0.29, 0.717) is 53.4 Å². The molecular weight excluding hydrogens is 443 g/mol. The highest BCUT2D eigenvalue weighted by Crippen LogP contribution is 2.30. The molecule has 2 heterocycles. The summed E-state index contributed by atoms with van der Waals surface area (Å²) in [6.45, 7) is 4.41. The number of nitrogens with two attached hydrogens (primary N) is 2. The lowest BCUT2D eigenvalue weighted by Crippen LogP contribution is -2.49. The molecule has 1 aromatic heterocycles. The highest BCUT2D eigenvalue weighted by molar-refractivity contribution is 6.34. The van der Waals surface area contributed by atoms with Gasteiger partial charge < -0.3 is 20.4 Å². The van der Waals surface area contributed by atoms with Crippen molar-refractivity contribution in [2.75, 3.05) is 45.2 Å². The number of amides is 1. The molecule has 1 aliphatic rings. The van der Waals surface area contributed by atoms with E-state index in [1.165, 1.54) is 5.01 Å². The largest absolute Gasteiger partial charge is 0.495 e. The standard InChI is InChI=1S/C19H26Cl2N8O2/c1-12-17(21)18(19(24-22)26(2)23)25-29(12)11-16(30)28-8-6-27(7-9-28)13-4-5-14(20)15(10-13)31-3/h4-5,10H,6-9,11,22-23H2,1-3H3/b24-19-. The number of carbonyl (C=O) groups excluding carboxylic acids is 1. The molecular formula is C19H26Cl2N8O2. The molecule has 0 unspecified atom stereocenters. The third kappa shape index (κ3) is 4.81. The van der Waals surface area contributed by atoms with Crippen molar-refractivity contribution >= 4 is 40.6 Å². The van der Waals surface area contributed by atoms with Crippen LogP contribution in [-0.2, 0) is 11.3 Å². The number of nitrogens with zero attached hydrogens (tertiary/aromatic N) is 6. The molecule has 3 rings (SSSR count). The minimum Gasteiger partial charge on any atom is -0.495 e. The van der Waals surface area contributed by atoms with Crippen LogP contribution < -0.4 is 21.3 Å². The van der Waals surface area contributed by atoms with Crippen LogP contribution in [0.25, 0.3) is 0 Å². The number of hydrazine groups is 1. The molecule has 10 nitrogen and oxygen atoms in total. The summed E-state index contributed by atoms with van der Waals surface area (Å²) < 4.78 is 6.84. The van der Waals surface area contributed by atoms with Crippen molar-refractivity contribution in [2.24, 2.45) is 16.8 Å². The smallest absolute Gasteiger partial charge is 0.244 e. The van der Waals surface area contributed by atoms with Gasteiger partial charge in [-0.1, -0.05) is 23.2 Å². The first-order chi connectivity index (χ1) is 14.8. The molecule has 1 saturated heterocycles. The lowest BCUT2D eigenvalue weighted by Gasteiger charge is -2.36. The predicted molar refractivity (Wildman–Crippen MR) is 121 cm³/mol. The zero-order valence-electron chi connectivity index (χ0n) is 17.7. The minimum absolute atomic E-state index is 0.0468. The fraction of sp³-hybridized carbons (Fsp3) is 0.421. The van der Waals surface area contributed by atoms with Crippen LogP contribution in [0.5, 0.6) is 5.75 Å². The molecule has 1 fully saturated rings. The molecule has 4 N–H and O–H groups in total. The number of methoxy groups -OCH3 is 1. The summed E-state index contributed by atoms with van der Waals surface area (Å²) in [4.78, 5) is 16.9. The molecule has 168 valence electrons. The lowest BCUT2D eigenvalue weighted by molar-refractivity contribution is -0.132. The van der Waals surface area contributed by atoms with Gasteiger partial charge >= 0.3 is 0 Å². The highest BCUT2D eigenvalue weighted by Gasteiger charge is 2.25. The Bertz CT molecular complexity index is 984. The number of anilines is 1. The van der Waals surface area contributed by atoms with Gasteiger partial charge in [-0.2, -0.15) is 10.2 Å². The van der Waals surface area contributed by atoms with E-state index < -0.39 is 0 Å². The monoisotopic (exact) mass is 468 g/mol. The summed E-state index contributed by atoms with van der Waals surface area (Å²) in [5, 5.41) is 10.2. The van der Waals surface area contributed by atoms with Gasteiger partial charge in [-0.25, -0.2) is 5.84 Å². The molecule has 0 aliphatic carbocycles. The van der Waals surface area contributed by atoms with E-state index in [-0.39, 0.29) is 18.3 Å². The Morgan fingerprint density at radius 3 is 2.55 bits per heavy atom. The molecule has 1 amide bonds. The summed E-state index contributed by atoms with van der Waals surface area (Å²) in [5.41, 5.74) is 1.98. The predicted octanol–water partition coefficient (Wildman–Crippen LogP) is 1.28. The molecule has 0 atom stereocenters. The second-order valence-corrected chi connectivity index (χ2v) is 7.94. The summed E-state index contributed by atoms with van der Waals surface area (Å²) in [7, 11) is 3.17. The fourth-order valence-electron chi connectivity index (χ4n) is 3.43. The Balaban J connectivity index is 1.66. The van der Waals surface area contributed by atoms with E-state index in [9.17, 15) is 4.79 Å². The highest BCUT2D eigenvalue weighted by atomic mass is 35.5.